The fraction of sp³-hybridized carbons (Fsp3) is 0.150. The Morgan fingerprint density at radius 1 is 1.19 bits per heavy atom. The van der Waals surface area contributed by atoms with Gasteiger partial charge in [0.05, 0.1) is 10.7 Å². The molecule has 0 saturated heterocycles. The van der Waals surface area contributed by atoms with E-state index in [9.17, 15) is 14.9 Å². The highest BCUT2D eigenvalue weighted by Gasteiger charge is 2.21. The van der Waals surface area contributed by atoms with Gasteiger partial charge in [0.25, 0.3) is 5.91 Å². The monoisotopic (exact) mass is 402 g/mol. The molecular weight excluding hydrogens is 387 g/mol. The van der Waals surface area contributed by atoms with E-state index < -0.39 is 18.0 Å². The van der Waals surface area contributed by atoms with Gasteiger partial charge in [0.15, 0.2) is 6.10 Å². The number of nitriles is 1. The minimum absolute atomic E-state index is 0.209. The molecule has 27 heavy (non-hydrogen) atoms. The topological polar surface area (TPSA) is 79.2 Å². The number of halogens is 2. The molecule has 0 aliphatic rings. The number of hydrogen-bond acceptors (Lipinski definition) is 4. The third kappa shape index (κ3) is 5.85. The molecule has 0 saturated carbocycles. The summed E-state index contributed by atoms with van der Waals surface area (Å²) >= 11 is 11.9. The highest BCUT2D eigenvalue weighted by atomic mass is 35.5. The number of esters is 1. The molecule has 0 bridgehead atoms. The van der Waals surface area contributed by atoms with Crippen LogP contribution in [0.3, 0.4) is 0 Å². The average Bonchev–Trinajstić information content (AvgIpc) is 2.64. The van der Waals surface area contributed by atoms with E-state index in [4.69, 9.17) is 27.9 Å². The van der Waals surface area contributed by atoms with Crippen LogP contribution in [-0.2, 0) is 14.3 Å². The number of nitrogens with zero attached hydrogens (tertiary/aromatic N) is 1. The molecule has 0 aliphatic heterocycles. The zero-order chi connectivity index (χ0) is 20.0. The Hall–Kier alpha value is -2.81. The van der Waals surface area contributed by atoms with Crippen LogP contribution in [-0.4, -0.2) is 18.0 Å². The van der Waals surface area contributed by atoms with Gasteiger partial charge in [-0.2, -0.15) is 5.26 Å². The van der Waals surface area contributed by atoms with Crippen molar-refractivity contribution in [2.24, 2.45) is 0 Å². The molecule has 5 nitrogen and oxygen atoms in total. The van der Waals surface area contributed by atoms with E-state index in [2.05, 4.69) is 5.32 Å². The first-order valence-corrected chi connectivity index (χ1v) is 8.71. The van der Waals surface area contributed by atoms with Gasteiger partial charge < -0.3 is 10.1 Å². The van der Waals surface area contributed by atoms with Crippen LogP contribution in [0.2, 0.25) is 10.0 Å². The van der Waals surface area contributed by atoms with Crippen molar-refractivity contribution >= 4 is 46.8 Å². The molecule has 0 heterocycles. The largest absolute Gasteiger partial charge is 0.448 e. The number of anilines is 1. The summed E-state index contributed by atoms with van der Waals surface area (Å²) in [5.41, 5.74) is 1.82. The predicted octanol–water partition coefficient (Wildman–Crippen LogP) is 4.78. The molecule has 2 aromatic rings. The molecule has 0 aromatic heterocycles. The van der Waals surface area contributed by atoms with Gasteiger partial charge >= 0.3 is 5.97 Å². The lowest BCUT2D eigenvalue weighted by atomic mass is 10.1. The molecule has 0 aliphatic carbocycles. The lowest BCUT2D eigenvalue weighted by Crippen LogP contribution is -2.30. The summed E-state index contributed by atoms with van der Waals surface area (Å²) in [5.74, 6) is -1.49. The van der Waals surface area contributed by atoms with E-state index in [1.54, 1.807) is 24.3 Å². The number of benzene rings is 2. The van der Waals surface area contributed by atoms with Crippen molar-refractivity contribution in [3.63, 3.8) is 0 Å². The Balaban J connectivity index is 2.06. The number of carbonyl (C=O) groups is 2. The summed E-state index contributed by atoms with van der Waals surface area (Å²) in [4.78, 5) is 24.4. The van der Waals surface area contributed by atoms with Crippen LogP contribution < -0.4 is 5.32 Å². The smallest absolute Gasteiger partial charge is 0.349 e. The number of carbonyl (C=O) groups excluding carboxylic acids is 2. The number of ether oxygens (including phenoxy) is 1. The first-order chi connectivity index (χ1) is 12.8. The van der Waals surface area contributed by atoms with Crippen molar-refractivity contribution in [1.82, 2.24) is 0 Å². The van der Waals surface area contributed by atoms with Crippen LogP contribution in [0.1, 0.15) is 18.1 Å². The quantitative estimate of drug-likeness (QED) is 0.443. The maximum absolute atomic E-state index is 12.2. The first kappa shape index (κ1) is 20.5. The molecule has 0 fully saturated rings. The van der Waals surface area contributed by atoms with Crippen molar-refractivity contribution in [2.75, 3.05) is 5.32 Å². The van der Waals surface area contributed by atoms with Crippen molar-refractivity contribution in [3.8, 4) is 6.07 Å². The van der Waals surface area contributed by atoms with Crippen LogP contribution in [0.5, 0.6) is 0 Å². The van der Waals surface area contributed by atoms with Crippen molar-refractivity contribution in [2.45, 2.75) is 20.0 Å². The summed E-state index contributed by atoms with van der Waals surface area (Å²) in [5, 5.41) is 12.4. The SMILES string of the molecule is Cc1ccc(/C=C(\C#N)C(=O)O[C@H](C)C(=O)Nc2cc(Cl)ccc2Cl)cc1. The van der Waals surface area contributed by atoms with Gasteiger partial charge in [0.2, 0.25) is 0 Å². The number of amides is 1. The zero-order valence-corrected chi connectivity index (χ0v) is 16.1. The van der Waals surface area contributed by atoms with E-state index in [1.807, 2.05) is 19.1 Å². The molecule has 2 aromatic carbocycles. The third-order valence-corrected chi connectivity index (χ3v) is 4.13. The van der Waals surface area contributed by atoms with Crippen LogP contribution in [0.25, 0.3) is 6.08 Å². The fourth-order valence-corrected chi connectivity index (χ4v) is 2.41. The average molecular weight is 403 g/mol. The number of aryl methyl sites for hydroxylation is 1. The Labute approximate surface area is 167 Å². The van der Waals surface area contributed by atoms with Crippen molar-refractivity contribution in [1.29, 1.82) is 5.26 Å². The standard InChI is InChI=1S/C20H16Cl2N2O3/c1-12-3-5-14(6-4-12)9-15(11-23)20(26)27-13(2)19(25)24-18-10-16(21)7-8-17(18)22/h3-10,13H,1-2H3,(H,24,25)/b15-9+/t13-/m1/s1. The van der Waals surface area contributed by atoms with Crippen LogP contribution >= 0.6 is 23.2 Å². The number of hydrogen-bond donors (Lipinski definition) is 1. The number of rotatable bonds is 5. The Bertz CT molecular complexity index is 931. The minimum atomic E-state index is -1.14. The second-order valence-corrected chi connectivity index (χ2v) is 6.59. The molecule has 138 valence electrons. The molecule has 1 atom stereocenters. The van der Waals surface area contributed by atoms with Gasteiger partial charge in [0.1, 0.15) is 11.6 Å². The summed E-state index contributed by atoms with van der Waals surface area (Å²) in [6.07, 6.45) is 0.266. The first-order valence-electron chi connectivity index (χ1n) is 7.95. The molecule has 0 spiro atoms. The normalized spacial score (nSPS) is 12.0. The van der Waals surface area contributed by atoms with E-state index >= 15 is 0 Å². The maximum atomic E-state index is 12.2. The Kier molecular flexibility index (Phi) is 7.00. The summed E-state index contributed by atoms with van der Waals surface area (Å²) in [6.45, 7) is 3.33. The van der Waals surface area contributed by atoms with Gasteiger partial charge in [-0.15, -0.1) is 0 Å². The second-order valence-electron chi connectivity index (χ2n) is 5.74. The van der Waals surface area contributed by atoms with E-state index in [-0.39, 0.29) is 5.57 Å². The molecule has 0 unspecified atom stereocenters. The highest BCUT2D eigenvalue weighted by Crippen LogP contribution is 2.25. The Morgan fingerprint density at radius 3 is 2.48 bits per heavy atom. The van der Waals surface area contributed by atoms with Crippen molar-refractivity contribution < 1.29 is 14.3 Å². The molecule has 1 N–H and O–H groups in total. The van der Waals surface area contributed by atoms with E-state index in [1.165, 1.54) is 25.1 Å². The van der Waals surface area contributed by atoms with E-state index in [0.717, 1.165) is 5.56 Å². The molecule has 1 amide bonds. The van der Waals surface area contributed by atoms with Gasteiger partial charge in [-0.05, 0) is 43.7 Å². The van der Waals surface area contributed by atoms with Crippen LogP contribution in [0.4, 0.5) is 5.69 Å². The second kappa shape index (κ2) is 9.22. The molecule has 0 radical (unpaired) electrons. The van der Waals surface area contributed by atoms with Crippen LogP contribution in [0, 0.1) is 18.3 Å². The molecule has 7 heteroatoms. The summed E-state index contributed by atoms with van der Waals surface area (Å²) < 4.78 is 5.09. The zero-order valence-electron chi connectivity index (χ0n) is 14.6. The van der Waals surface area contributed by atoms with Crippen LogP contribution in [0.15, 0.2) is 48.0 Å². The highest BCUT2D eigenvalue weighted by molar-refractivity contribution is 6.35. The van der Waals surface area contributed by atoms with Gasteiger partial charge in [-0.25, -0.2) is 4.79 Å². The Morgan fingerprint density at radius 2 is 1.85 bits per heavy atom. The van der Waals surface area contributed by atoms with Gasteiger partial charge in [0, 0.05) is 5.02 Å². The fourth-order valence-electron chi connectivity index (χ4n) is 2.07. The summed E-state index contributed by atoms with van der Waals surface area (Å²) in [7, 11) is 0. The van der Waals surface area contributed by atoms with E-state index in [0.29, 0.717) is 21.3 Å². The van der Waals surface area contributed by atoms with Gasteiger partial charge in [-0.1, -0.05) is 53.0 Å². The van der Waals surface area contributed by atoms with Gasteiger partial charge in [-0.3, -0.25) is 4.79 Å². The predicted molar refractivity (Wildman–Crippen MR) is 105 cm³/mol. The lowest BCUT2D eigenvalue weighted by Gasteiger charge is -2.14. The molecular formula is C20H16Cl2N2O3. The summed E-state index contributed by atoms with van der Waals surface area (Å²) in [6, 6.07) is 13.7. The third-order valence-electron chi connectivity index (χ3n) is 3.57. The maximum Gasteiger partial charge on any atom is 0.349 e. The minimum Gasteiger partial charge on any atom is -0.448 e. The molecule has 2 rings (SSSR count). The lowest BCUT2D eigenvalue weighted by molar-refractivity contribution is -0.148. The number of nitrogens with one attached hydrogen (secondary N) is 1. The van der Waals surface area contributed by atoms with Crippen molar-refractivity contribution in [3.05, 3.63) is 69.2 Å².